The number of rotatable bonds is 3. The number of pyridine rings is 1. The number of guanidine groups is 1. The van der Waals surface area contributed by atoms with Crippen molar-refractivity contribution in [1.29, 1.82) is 0 Å². The molecule has 0 aliphatic rings. The van der Waals surface area contributed by atoms with Crippen molar-refractivity contribution in [2.24, 2.45) is 4.99 Å². The highest BCUT2D eigenvalue weighted by Gasteiger charge is 2.05. The number of hydrogen-bond acceptors (Lipinski definition) is 3. The van der Waals surface area contributed by atoms with E-state index in [2.05, 4.69) is 25.6 Å². The number of nitrogens with one attached hydrogen (secondary N) is 2. The molecule has 0 amide bonds. The van der Waals surface area contributed by atoms with E-state index in [1.165, 1.54) is 0 Å². The zero-order chi connectivity index (χ0) is 12.8. The first kappa shape index (κ1) is 12.1. The fourth-order valence-corrected chi connectivity index (χ4v) is 1.64. The van der Waals surface area contributed by atoms with E-state index < -0.39 is 0 Å². The van der Waals surface area contributed by atoms with Gasteiger partial charge in [-0.3, -0.25) is 9.56 Å². The Balaban J connectivity index is 2.18. The summed E-state index contributed by atoms with van der Waals surface area (Å²) in [5, 5.41) is 6.18. The molecule has 0 unspecified atom stereocenters. The molecule has 2 rings (SSSR count). The Kier molecular flexibility index (Phi) is 3.90. The topological polar surface area (TPSA) is 67.1 Å². The standard InChI is InChI=1S/C12H16N6/c1-13-12(14-2)17-8-10-4-3-5-16-11(10)18-7-6-15-9-18/h3-7,9H,8H2,1-2H3,(H2,13,14,17). The maximum absolute atomic E-state index is 4.37. The number of hydrogen-bond donors (Lipinski definition) is 2. The highest BCUT2D eigenvalue weighted by Crippen LogP contribution is 2.10. The molecule has 2 aromatic heterocycles. The Labute approximate surface area is 106 Å². The van der Waals surface area contributed by atoms with Crippen LogP contribution in [0.3, 0.4) is 0 Å². The molecule has 94 valence electrons. The molecule has 0 atom stereocenters. The van der Waals surface area contributed by atoms with E-state index in [-0.39, 0.29) is 0 Å². The molecular weight excluding hydrogens is 228 g/mol. The minimum atomic E-state index is 0.648. The number of aliphatic imine (C=N–C) groups is 1. The fourth-order valence-electron chi connectivity index (χ4n) is 1.64. The maximum atomic E-state index is 4.37. The van der Waals surface area contributed by atoms with Crippen molar-refractivity contribution in [2.75, 3.05) is 14.1 Å². The predicted octanol–water partition coefficient (Wildman–Crippen LogP) is 0.562. The molecule has 18 heavy (non-hydrogen) atoms. The molecule has 0 saturated carbocycles. The van der Waals surface area contributed by atoms with E-state index in [1.807, 2.05) is 29.9 Å². The summed E-state index contributed by atoms with van der Waals surface area (Å²) in [5.41, 5.74) is 1.08. The van der Waals surface area contributed by atoms with Gasteiger partial charge >= 0.3 is 0 Å². The average molecular weight is 244 g/mol. The van der Waals surface area contributed by atoms with Crippen LogP contribution in [0.15, 0.2) is 42.0 Å². The third-order valence-electron chi connectivity index (χ3n) is 2.52. The van der Waals surface area contributed by atoms with E-state index in [4.69, 9.17) is 0 Å². The molecule has 6 heteroatoms. The van der Waals surface area contributed by atoms with E-state index in [0.717, 1.165) is 17.3 Å². The Morgan fingerprint density at radius 1 is 1.44 bits per heavy atom. The van der Waals surface area contributed by atoms with Crippen molar-refractivity contribution < 1.29 is 0 Å². The quantitative estimate of drug-likeness (QED) is 0.611. The lowest BCUT2D eigenvalue weighted by Gasteiger charge is -2.11. The van der Waals surface area contributed by atoms with E-state index >= 15 is 0 Å². The summed E-state index contributed by atoms with van der Waals surface area (Å²) in [6.45, 7) is 0.648. The zero-order valence-corrected chi connectivity index (χ0v) is 10.5. The van der Waals surface area contributed by atoms with E-state index in [9.17, 15) is 0 Å². The van der Waals surface area contributed by atoms with Gasteiger partial charge in [-0.05, 0) is 6.07 Å². The van der Waals surface area contributed by atoms with Crippen LogP contribution in [0.4, 0.5) is 0 Å². The molecule has 2 aromatic rings. The minimum Gasteiger partial charge on any atom is -0.359 e. The molecule has 0 aromatic carbocycles. The van der Waals surface area contributed by atoms with Gasteiger partial charge in [-0.2, -0.15) is 0 Å². The lowest BCUT2D eigenvalue weighted by Crippen LogP contribution is -2.34. The molecular formula is C12H16N6. The normalized spacial score (nSPS) is 11.3. The van der Waals surface area contributed by atoms with Crippen molar-refractivity contribution in [3.63, 3.8) is 0 Å². The fraction of sp³-hybridized carbons (Fsp3) is 0.250. The van der Waals surface area contributed by atoms with Gasteiger partial charge in [0.1, 0.15) is 12.1 Å². The number of imidazole rings is 1. The second-order valence-electron chi connectivity index (χ2n) is 3.63. The van der Waals surface area contributed by atoms with Crippen molar-refractivity contribution in [2.45, 2.75) is 6.54 Å². The van der Waals surface area contributed by atoms with Crippen LogP contribution in [0, 0.1) is 0 Å². The molecule has 0 radical (unpaired) electrons. The second kappa shape index (κ2) is 5.81. The summed E-state index contributed by atoms with van der Waals surface area (Å²) in [5.74, 6) is 1.62. The monoisotopic (exact) mass is 244 g/mol. The Hall–Kier alpha value is -2.37. The third kappa shape index (κ3) is 2.65. The summed E-state index contributed by atoms with van der Waals surface area (Å²) in [6, 6.07) is 3.94. The van der Waals surface area contributed by atoms with Crippen LogP contribution < -0.4 is 10.6 Å². The van der Waals surface area contributed by atoms with Gasteiger partial charge in [0.05, 0.1) is 0 Å². The Morgan fingerprint density at radius 3 is 3.00 bits per heavy atom. The molecule has 6 nitrogen and oxygen atoms in total. The summed E-state index contributed by atoms with van der Waals surface area (Å²) in [7, 11) is 3.56. The van der Waals surface area contributed by atoms with Crippen LogP contribution >= 0.6 is 0 Å². The van der Waals surface area contributed by atoms with Crippen LogP contribution in [-0.4, -0.2) is 34.6 Å². The van der Waals surface area contributed by atoms with Gasteiger partial charge in [-0.15, -0.1) is 0 Å². The van der Waals surface area contributed by atoms with Gasteiger partial charge in [0, 0.05) is 44.8 Å². The molecule has 2 N–H and O–H groups in total. The van der Waals surface area contributed by atoms with Crippen LogP contribution in [0.1, 0.15) is 5.56 Å². The van der Waals surface area contributed by atoms with Gasteiger partial charge in [0.2, 0.25) is 0 Å². The number of aromatic nitrogens is 3. The smallest absolute Gasteiger partial charge is 0.190 e. The Morgan fingerprint density at radius 2 is 2.33 bits per heavy atom. The van der Waals surface area contributed by atoms with Gasteiger partial charge in [-0.1, -0.05) is 6.07 Å². The summed E-state index contributed by atoms with van der Waals surface area (Å²) in [4.78, 5) is 12.5. The van der Waals surface area contributed by atoms with Gasteiger partial charge in [0.15, 0.2) is 5.96 Å². The van der Waals surface area contributed by atoms with Crippen molar-refractivity contribution in [3.8, 4) is 5.82 Å². The molecule has 0 spiro atoms. The highest BCUT2D eigenvalue weighted by atomic mass is 15.2. The highest BCUT2D eigenvalue weighted by molar-refractivity contribution is 5.79. The lowest BCUT2D eigenvalue weighted by atomic mass is 10.2. The SMILES string of the molecule is CN=C(NC)NCc1cccnc1-n1ccnc1. The molecule has 0 saturated heterocycles. The lowest BCUT2D eigenvalue weighted by molar-refractivity contribution is 0.839. The van der Waals surface area contributed by atoms with Crippen molar-refractivity contribution in [1.82, 2.24) is 25.2 Å². The van der Waals surface area contributed by atoms with Crippen LogP contribution in [0.2, 0.25) is 0 Å². The molecule has 2 heterocycles. The van der Waals surface area contributed by atoms with Gasteiger partial charge < -0.3 is 10.6 Å². The Bertz CT molecular complexity index is 517. The van der Waals surface area contributed by atoms with E-state index in [1.54, 1.807) is 25.8 Å². The summed E-state index contributed by atoms with van der Waals surface area (Å²) in [6.07, 6.45) is 7.11. The maximum Gasteiger partial charge on any atom is 0.190 e. The van der Waals surface area contributed by atoms with Crippen molar-refractivity contribution >= 4 is 5.96 Å². The van der Waals surface area contributed by atoms with Gasteiger partial charge in [0.25, 0.3) is 0 Å². The number of nitrogens with zero attached hydrogens (tertiary/aromatic N) is 4. The summed E-state index contributed by atoms with van der Waals surface area (Å²) >= 11 is 0. The van der Waals surface area contributed by atoms with Crippen LogP contribution in [0.25, 0.3) is 5.82 Å². The van der Waals surface area contributed by atoms with Crippen LogP contribution in [-0.2, 0) is 6.54 Å². The zero-order valence-electron chi connectivity index (χ0n) is 10.5. The largest absolute Gasteiger partial charge is 0.359 e. The van der Waals surface area contributed by atoms with Crippen molar-refractivity contribution in [3.05, 3.63) is 42.6 Å². The average Bonchev–Trinajstić information content (AvgIpc) is 2.94. The first-order valence-electron chi connectivity index (χ1n) is 5.65. The predicted molar refractivity (Wildman–Crippen MR) is 70.6 cm³/mol. The molecule has 0 aliphatic heterocycles. The molecule has 0 fully saturated rings. The summed E-state index contributed by atoms with van der Waals surface area (Å²) < 4.78 is 1.89. The first-order valence-corrected chi connectivity index (χ1v) is 5.65. The second-order valence-corrected chi connectivity index (χ2v) is 3.63. The molecule has 0 aliphatic carbocycles. The minimum absolute atomic E-state index is 0.648. The third-order valence-corrected chi connectivity index (χ3v) is 2.52. The van der Waals surface area contributed by atoms with Crippen LogP contribution in [0.5, 0.6) is 0 Å². The molecule has 0 bridgehead atoms. The van der Waals surface area contributed by atoms with E-state index in [0.29, 0.717) is 6.54 Å². The first-order chi connectivity index (χ1) is 8.85. The van der Waals surface area contributed by atoms with Gasteiger partial charge in [-0.25, -0.2) is 9.97 Å².